The summed E-state index contributed by atoms with van der Waals surface area (Å²) < 4.78 is 5.88. The van der Waals surface area contributed by atoms with Crippen molar-refractivity contribution < 1.29 is 9.53 Å². The molecule has 2 heteroatoms. The number of rotatable bonds is 6. The molecule has 0 aromatic heterocycles. The molecule has 108 valence electrons. The Morgan fingerprint density at radius 1 is 1.00 bits per heavy atom. The molecular weight excluding hydrogens is 260 g/mol. The minimum atomic E-state index is 0.626. The fourth-order valence-corrected chi connectivity index (χ4v) is 3.00. The van der Waals surface area contributed by atoms with Crippen molar-refractivity contribution in [2.45, 2.75) is 31.6 Å². The molecule has 0 heterocycles. The van der Waals surface area contributed by atoms with Gasteiger partial charge in [-0.05, 0) is 60.9 Å². The van der Waals surface area contributed by atoms with Gasteiger partial charge in [0.05, 0.1) is 0 Å². The largest absolute Gasteiger partial charge is 0.457 e. The van der Waals surface area contributed by atoms with Gasteiger partial charge in [0, 0.05) is 6.42 Å². The Morgan fingerprint density at radius 2 is 1.76 bits per heavy atom. The first-order valence-electron chi connectivity index (χ1n) is 7.61. The lowest BCUT2D eigenvalue weighted by Crippen LogP contribution is -2.21. The second-order valence-electron chi connectivity index (χ2n) is 5.77. The van der Waals surface area contributed by atoms with Crippen LogP contribution in [0.3, 0.4) is 0 Å². The lowest BCUT2D eigenvalue weighted by Gasteiger charge is -2.35. The SMILES string of the molecule is O=CCCC1CC(c2cccc(Oc3ccccc3)c2)C1. The number of carbonyl (C=O) groups excluding carboxylic acids is 1. The summed E-state index contributed by atoms with van der Waals surface area (Å²) in [7, 11) is 0. The molecule has 0 bridgehead atoms. The van der Waals surface area contributed by atoms with E-state index in [-0.39, 0.29) is 0 Å². The molecule has 1 aliphatic carbocycles. The standard InChI is InChI=1S/C19H20O2/c20-11-5-6-15-12-17(13-15)16-7-4-10-19(14-16)21-18-8-2-1-3-9-18/h1-4,7-11,14-15,17H,5-6,12-13H2. The van der Waals surface area contributed by atoms with E-state index in [9.17, 15) is 4.79 Å². The van der Waals surface area contributed by atoms with Crippen LogP contribution >= 0.6 is 0 Å². The summed E-state index contributed by atoms with van der Waals surface area (Å²) in [6, 6.07) is 18.2. The molecular formula is C19H20O2. The van der Waals surface area contributed by atoms with Crippen LogP contribution in [0.25, 0.3) is 0 Å². The number of hydrogen-bond acceptors (Lipinski definition) is 2. The normalized spacial score (nSPS) is 20.6. The van der Waals surface area contributed by atoms with Crippen molar-refractivity contribution in [2.24, 2.45) is 5.92 Å². The second kappa shape index (κ2) is 6.57. The van der Waals surface area contributed by atoms with Crippen LogP contribution in [-0.4, -0.2) is 6.29 Å². The first-order chi connectivity index (χ1) is 10.3. The third-order valence-electron chi connectivity index (χ3n) is 4.24. The molecule has 3 rings (SSSR count). The number of ether oxygens (including phenoxy) is 1. The van der Waals surface area contributed by atoms with Crippen LogP contribution in [0.15, 0.2) is 54.6 Å². The van der Waals surface area contributed by atoms with Crippen molar-refractivity contribution in [3.8, 4) is 11.5 Å². The van der Waals surface area contributed by atoms with Gasteiger partial charge < -0.3 is 9.53 Å². The summed E-state index contributed by atoms with van der Waals surface area (Å²) in [6.07, 6.45) is 5.17. The van der Waals surface area contributed by atoms with Gasteiger partial charge in [0.25, 0.3) is 0 Å². The average molecular weight is 280 g/mol. The van der Waals surface area contributed by atoms with E-state index in [1.165, 1.54) is 18.4 Å². The molecule has 1 aliphatic rings. The number of benzene rings is 2. The van der Waals surface area contributed by atoms with E-state index in [2.05, 4.69) is 18.2 Å². The van der Waals surface area contributed by atoms with Crippen molar-refractivity contribution in [1.82, 2.24) is 0 Å². The van der Waals surface area contributed by atoms with E-state index >= 15 is 0 Å². The lowest BCUT2D eigenvalue weighted by molar-refractivity contribution is -0.108. The van der Waals surface area contributed by atoms with E-state index in [0.717, 1.165) is 30.1 Å². The van der Waals surface area contributed by atoms with E-state index in [0.29, 0.717) is 12.3 Å². The molecule has 0 aliphatic heterocycles. The molecule has 0 unspecified atom stereocenters. The zero-order valence-electron chi connectivity index (χ0n) is 12.1. The topological polar surface area (TPSA) is 26.3 Å². The molecule has 21 heavy (non-hydrogen) atoms. The van der Waals surface area contributed by atoms with Crippen LogP contribution in [0.4, 0.5) is 0 Å². The van der Waals surface area contributed by atoms with Crippen LogP contribution < -0.4 is 4.74 Å². The molecule has 0 atom stereocenters. The Hall–Kier alpha value is -2.09. The maximum atomic E-state index is 10.4. The molecule has 0 radical (unpaired) electrons. The minimum Gasteiger partial charge on any atom is -0.457 e. The predicted octanol–water partition coefficient (Wildman–Crippen LogP) is 4.95. The summed E-state index contributed by atoms with van der Waals surface area (Å²) in [5, 5.41) is 0. The summed E-state index contributed by atoms with van der Waals surface area (Å²) in [5.41, 5.74) is 1.35. The Balaban J connectivity index is 1.61. The first-order valence-corrected chi connectivity index (χ1v) is 7.61. The fraction of sp³-hybridized carbons (Fsp3) is 0.316. The van der Waals surface area contributed by atoms with E-state index in [4.69, 9.17) is 4.74 Å². The summed E-state index contributed by atoms with van der Waals surface area (Å²) in [4.78, 5) is 10.4. The van der Waals surface area contributed by atoms with Crippen LogP contribution in [0, 0.1) is 5.92 Å². The van der Waals surface area contributed by atoms with Crippen LogP contribution in [0.5, 0.6) is 11.5 Å². The molecule has 2 aromatic rings. The maximum Gasteiger partial charge on any atom is 0.127 e. The van der Waals surface area contributed by atoms with Gasteiger partial charge in [-0.1, -0.05) is 30.3 Å². The third-order valence-corrected chi connectivity index (χ3v) is 4.24. The highest BCUT2D eigenvalue weighted by atomic mass is 16.5. The molecule has 0 saturated heterocycles. The Morgan fingerprint density at radius 3 is 2.52 bits per heavy atom. The zero-order valence-corrected chi connectivity index (χ0v) is 12.1. The van der Waals surface area contributed by atoms with Crippen molar-refractivity contribution in [3.63, 3.8) is 0 Å². The summed E-state index contributed by atoms with van der Waals surface area (Å²) >= 11 is 0. The molecule has 0 spiro atoms. The van der Waals surface area contributed by atoms with Crippen molar-refractivity contribution in [1.29, 1.82) is 0 Å². The van der Waals surface area contributed by atoms with Gasteiger partial charge in [-0.25, -0.2) is 0 Å². The molecule has 0 N–H and O–H groups in total. The van der Waals surface area contributed by atoms with Gasteiger partial charge in [0.15, 0.2) is 0 Å². The fourth-order valence-electron chi connectivity index (χ4n) is 3.00. The Labute approximate surface area is 125 Å². The molecule has 1 fully saturated rings. The van der Waals surface area contributed by atoms with E-state index < -0.39 is 0 Å². The lowest BCUT2D eigenvalue weighted by atomic mass is 9.70. The van der Waals surface area contributed by atoms with Gasteiger partial charge >= 0.3 is 0 Å². The first kappa shape index (κ1) is 13.9. The van der Waals surface area contributed by atoms with Gasteiger partial charge in [-0.3, -0.25) is 0 Å². The molecule has 1 saturated carbocycles. The van der Waals surface area contributed by atoms with Crippen LogP contribution in [-0.2, 0) is 4.79 Å². The third kappa shape index (κ3) is 3.52. The smallest absolute Gasteiger partial charge is 0.127 e. The second-order valence-corrected chi connectivity index (χ2v) is 5.77. The van der Waals surface area contributed by atoms with Crippen molar-refractivity contribution in [2.75, 3.05) is 0 Å². The van der Waals surface area contributed by atoms with Gasteiger partial charge in [-0.2, -0.15) is 0 Å². The zero-order chi connectivity index (χ0) is 14.5. The maximum absolute atomic E-state index is 10.4. The monoisotopic (exact) mass is 280 g/mol. The Kier molecular flexibility index (Phi) is 4.34. The van der Waals surface area contributed by atoms with Gasteiger partial charge in [-0.15, -0.1) is 0 Å². The van der Waals surface area contributed by atoms with Gasteiger partial charge in [0.1, 0.15) is 17.8 Å². The Bertz CT molecular complexity index is 586. The van der Waals surface area contributed by atoms with Crippen molar-refractivity contribution in [3.05, 3.63) is 60.2 Å². The van der Waals surface area contributed by atoms with Crippen molar-refractivity contribution >= 4 is 6.29 Å². The molecule has 2 aromatic carbocycles. The highest BCUT2D eigenvalue weighted by Crippen LogP contribution is 2.44. The predicted molar refractivity (Wildman–Crippen MR) is 83.7 cm³/mol. The van der Waals surface area contributed by atoms with E-state index in [1.54, 1.807) is 0 Å². The highest BCUT2D eigenvalue weighted by Gasteiger charge is 2.29. The van der Waals surface area contributed by atoms with Gasteiger partial charge in [0.2, 0.25) is 0 Å². The van der Waals surface area contributed by atoms with Crippen LogP contribution in [0.1, 0.15) is 37.2 Å². The van der Waals surface area contributed by atoms with E-state index in [1.807, 2.05) is 36.4 Å². The average Bonchev–Trinajstić information content (AvgIpc) is 2.47. The van der Waals surface area contributed by atoms with Crippen LogP contribution in [0.2, 0.25) is 0 Å². The minimum absolute atomic E-state index is 0.626. The number of aldehydes is 1. The quantitative estimate of drug-likeness (QED) is 0.700. The summed E-state index contributed by atoms with van der Waals surface area (Å²) in [5.74, 6) is 3.11. The molecule has 2 nitrogen and oxygen atoms in total. The number of hydrogen-bond donors (Lipinski definition) is 0. The number of carbonyl (C=O) groups is 1. The number of para-hydroxylation sites is 1. The summed E-state index contributed by atoms with van der Waals surface area (Å²) in [6.45, 7) is 0. The molecule has 0 amide bonds. The highest BCUT2D eigenvalue weighted by molar-refractivity contribution is 5.49.